The highest BCUT2D eigenvalue weighted by Gasteiger charge is 2.20. The maximum Gasteiger partial charge on any atom is 0.110 e. The molecule has 0 radical (unpaired) electrons. The summed E-state index contributed by atoms with van der Waals surface area (Å²) in [5.74, 6) is 0. The topological polar surface area (TPSA) is 39.1 Å². The van der Waals surface area contributed by atoms with Crippen molar-refractivity contribution in [3.05, 3.63) is 22.4 Å². The Balaban J connectivity index is 1.85. The molecule has 1 atom stereocenters. The van der Waals surface area contributed by atoms with Gasteiger partial charge < -0.3 is 5.32 Å². The molecular formula is C11H15N3S. The monoisotopic (exact) mass is 221 g/mol. The van der Waals surface area contributed by atoms with Crippen LogP contribution >= 0.6 is 11.3 Å². The van der Waals surface area contributed by atoms with Crippen molar-refractivity contribution in [2.45, 2.75) is 12.5 Å². The molecule has 1 aliphatic rings. The lowest BCUT2D eigenvalue weighted by molar-refractivity contribution is 0.200. The number of hydrogen-bond acceptors (Lipinski definition) is 4. The van der Waals surface area contributed by atoms with E-state index in [4.69, 9.17) is 5.26 Å². The molecule has 1 aromatic rings. The molecule has 15 heavy (non-hydrogen) atoms. The molecule has 2 heterocycles. The maximum absolute atomic E-state index is 8.99. The Labute approximate surface area is 94.3 Å². The first-order valence-electron chi connectivity index (χ1n) is 5.25. The van der Waals surface area contributed by atoms with Crippen molar-refractivity contribution in [3.8, 4) is 6.07 Å². The maximum atomic E-state index is 8.99. The van der Waals surface area contributed by atoms with E-state index in [1.54, 1.807) is 11.3 Å². The van der Waals surface area contributed by atoms with Crippen molar-refractivity contribution < 1.29 is 0 Å². The Hall–Kier alpha value is -0.890. The molecule has 0 bridgehead atoms. The Morgan fingerprint density at radius 2 is 2.60 bits per heavy atom. The van der Waals surface area contributed by atoms with Crippen LogP contribution in [0.5, 0.6) is 0 Å². The summed E-state index contributed by atoms with van der Waals surface area (Å²) in [6.45, 7) is 3.79. The normalized spacial score (nSPS) is 22.5. The Morgan fingerprint density at radius 3 is 3.33 bits per heavy atom. The molecule has 1 saturated heterocycles. The molecule has 2 rings (SSSR count). The average Bonchev–Trinajstić information content (AvgIpc) is 2.79. The van der Waals surface area contributed by atoms with Gasteiger partial charge in [0, 0.05) is 26.2 Å². The second kappa shape index (κ2) is 5.26. The van der Waals surface area contributed by atoms with E-state index in [0.29, 0.717) is 0 Å². The third kappa shape index (κ3) is 2.78. The summed E-state index contributed by atoms with van der Waals surface area (Å²) >= 11 is 1.74. The first-order chi connectivity index (χ1) is 7.40. The van der Waals surface area contributed by atoms with Crippen molar-refractivity contribution in [2.75, 3.05) is 26.2 Å². The van der Waals surface area contributed by atoms with Crippen LogP contribution in [-0.2, 0) is 6.42 Å². The van der Waals surface area contributed by atoms with E-state index in [2.05, 4.69) is 33.1 Å². The summed E-state index contributed by atoms with van der Waals surface area (Å²) in [5.41, 5.74) is 1.38. The molecule has 0 aromatic carbocycles. The van der Waals surface area contributed by atoms with E-state index < -0.39 is 0 Å². The van der Waals surface area contributed by atoms with Crippen LogP contribution in [0, 0.1) is 11.3 Å². The van der Waals surface area contributed by atoms with Crippen molar-refractivity contribution in [1.82, 2.24) is 10.2 Å². The van der Waals surface area contributed by atoms with E-state index in [9.17, 15) is 0 Å². The number of hydrogen-bond donors (Lipinski definition) is 1. The molecule has 4 heteroatoms. The molecule has 0 saturated carbocycles. The SMILES string of the molecule is N#CC1CNCCN1CCc1ccsc1. The highest BCUT2D eigenvalue weighted by molar-refractivity contribution is 7.07. The quantitative estimate of drug-likeness (QED) is 0.830. The van der Waals surface area contributed by atoms with Gasteiger partial charge in [-0.15, -0.1) is 0 Å². The molecular weight excluding hydrogens is 206 g/mol. The zero-order chi connectivity index (χ0) is 10.5. The van der Waals surface area contributed by atoms with Gasteiger partial charge >= 0.3 is 0 Å². The summed E-state index contributed by atoms with van der Waals surface area (Å²) in [4.78, 5) is 2.27. The van der Waals surface area contributed by atoms with Gasteiger partial charge in [0.15, 0.2) is 0 Å². The van der Waals surface area contributed by atoms with Gasteiger partial charge in [-0.1, -0.05) is 0 Å². The molecule has 0 aliphatic carbocycles. The molecule has 1 aromatic heterocycles. The summed E-state index contributed by atoms with van der Waals surface area (Å²) < 4.78 is 0. The number of nitrogens with one attached hydrogen (secondary N) is 1. The minimum atomic E-state index is 0.0531. The fourth-order valence-corrected chi connectivity index (χ4v) is 2.55. The molecule has 1 N–H and O–H groups in total. The first kappa shape index (κ1) is 10.6. The zero-order valence-electron chi connectivity index (χ0n) is 8.65. The molecule has 1 unspecified atom stereocenters. The van der Waals surface area contributed by atoms with Crippen molar-refractivity contribution in [1.29, 1.82) is 5.26 Å². The van der Waals surface area contributed by atoms with E-state index >= 15 is 0 Å². The van der Waals surface area contributed by atoms with Gasteiger partial charge in [0.05, 0.1) is 6.07 Å². The summed E-state index contributed by atoms with van der Waals surface area (Å²) in [5, 5.41) is 16.5. The lowest BCUT2D eigenvalue weighted by atomic mass is 10.1. The zero-order valence-corrected chi connectivity index (χ0v) is 9.46. The van der Waals surface area contributed by atoms with E-state index in [-0.39, 0.29) is 6.04 Å². The Bertz CT molecular complexity index is 328. The smallest absolute Gasteiger partial charge is 0.110 e. The standard InChI is InChI=1S/C11H15N3S/c12-7-11-8-13-3-5-14(11)4-1-10-2-6-15-9-10/h2,6,9,11,13H,1,3-5,8H2. The Kier molecular flexibility index (Phi) is 3.73. The van der Waals surface area contributed by atoms with Gasteiger partial charge in [-0.3, -0.25) is 4.90 Å². The van der Waals surface area contributed by atoms with Crippen molar-refractivity contribution >= 4 is 11.3 Å². The second-order valence-corrected chi connectivity index (χ2v) is 4.55. The van der Waals surface area contributed by atoms with Gasteiger partial charge in [-0.2, -0.15) is 16.6 Å². The summed E-state index contributed by atoms with van der Waals surface area (Å²) in [7, 11) is 0. The Morgan fingerprint density at radius 1 is 1.67 bits per heavy atom. The molecule has 3 nitrogen and oxygen atoms in total. The van der Waals surface area contributed by atoms with Crippen molar-refractivity contribution in [3.63, 3.8) is 0 Å². The van der Waals surface area contributed by atoms with Crippen LogP contribution in [0.2, 0.25) is 0 Å². The van der Waals surface area contributed by atoms with Crippen LogP contribution in [-0.4, -0.2) is 37.1 Å². The highest BCUT2D eigenvalue weighted by Crippen LogP contribution is 2.09. The molecule has 80 valence electrons. The largest absolute Gasteiger partial charge is 0.313 e. The minimum Gasteiger partial charge on any atom is -0.313 e. The summed E-state index contributed by atoms with van der Waals surface area (Å²) in [6, 6.07) is 4.56. The van der Waals surface area contributed by atoms with Crippen LogP contribution in [0.1, 0.15) is 5.56 Å². The third-order valence-corrected chi connectivity index (χ3v) is 3.50. The number of thiophene rings is 1. The summed E-state index contributed by atoms with van der Waals surface area (Å²) in [6.07, 6.45) is 1.06. The van der Waals surface area contributed by atoms with Crippen LogP contribution in [0.15, 0.2) is 16.8 Å². The number of nitrogens with zero attached hydrogens (tertiary/aromatic N) is 2. The fourth-order valence-electron chi connectivity index (χ4n) is 1.85. The first-order valence-corrected chi connectivity index (χ1v) is 6.20. The predicted molar refractivity (Wildman–Crippen MR) is 61.9 cm³/mol. The average molecular weight is 221 g/mol. The molecule has 1 fully saturated rings. The highest BCUT2D eigenvalue weighted by atomic mass is 32.1. The lowest BCUT2D eigenvalue weighted by Gasteiger charge is -2.31. The number of rotatable bonds is 3. The molecule has 0 amide bonds. The van der Waals surface area contributed by atoms with Crippen molar-refractivity contribution in [2.24, 2.45) is 0 Å². The second-order valence-electron chi connectivity index (χ2n) is 3.77. The van der Waals surface area contributed by atoms with Crippen LogP contribution in [0.4, 0.5) is 0 Å². The lowest BCUT2D eigenvalue weighted by Crippen LogP contribution is -2.51. The van der Waals surface area contributed by atoms with Gasteiger partial charge in [0.2, 0.25) is 0 Å². The number of piperazine rings is 1. The fraction of sp³-hybridized carbons (Fsp3) is 0.545. The van der Waals surface area contributed by atoms with E-state index in [0.717, 1.165) is 32.6 Å². The third-order valence-electron chi connectivity index (χ3n) is 2.77. The van der Waals surface area contributed by atoms with E-state index in [1.807, 2.05) is 0 Å². The predicted octanol–water partition coefficient (Wildman–Crippen LogP) is 1.09. The van der Waals surface area contributed by atoms with Gasteiger partial charge in [-0.25, -0.2) is 0 Å². The molecule has 0 spiro atoms. The van der Waals surface area contributed by atoms with Crippen LogP contribution in [0.3, 0.4) is 0 Å². The van der Waals surface area contributed by atoms with Crippen LogP contribution < -0.4 is 5.32 Å². The molecule has 1 aliphatic heterocycles. The minimum absolute atomic E-state index is 0.0531. The van der Waals surface area contributed by atoms with Gasteiger partial charge in [0.1, 0.15) is 6.04 Å². The van der Waals surface area contributed by atoms with Gasteiger partial charge in [0.25, 0.3) is 0 Å². The van der Waals surface area contributed by atoms with Crippen LogP contribution in [0.25, 0.3) is 0 Å². The van der Waals surface area contributed by atoms with E-state index in [1.165, 1.54) is 5.56 Å². The van der Waals surface area contributed by atoms with Gasteiger partial charge in [-0.05, 0) is 28.8 Å². The number of nitriles is 1.